The Labute approximate surface area is 131 Å². The predicted octanol–water partition coefficient (Wildman–Crippen LogP) is 4.61. The normalized spacial score (nSPS) is 34.6. The lowest BCUT2D eigenvalue weighted by Crippen LogP contribution is -2.43. The minimum absolute atomic E-state index is 0.0902. The highest BCUT2D eigenvalue weighted by molar-refractivity contribution is 6.18. The summed E-state index contributed by atoms with van der Waals surface area (Å²) in [6, 6.07) is 8.20. The van der Waals surface area contributed by atoms with Crippen LogP contribution >= 0.6 is 11.6 Å². The molecule has 0 spiro atoms. The monoisotopic (exact) mass is 303 g/mol. The number of phenolic OH excluding ortho intramolecular Hbond substituents is 1. The van der Waals surface area contributed by atoms with E-state index in [2.05, 4.69) is 19.1 Å². The third-order valence-corrected chi connectivity index (χ3v) is 6.46. The van der Waals surface area contributed by atoms with E-state index in [1.54, 1.807) is 6.07 Å². The van der Waals surface area contributed by atoms with Gasteiger partial charge in [-0.15, -0.1) is 11.6 Å². The molecule has 1 fully saturated rings. The molecule has 2 nitrogen and oxygen atoms in total. The number of halogens is 1. The van der Waals surface area contributed by atoms with E-state index in [0.29, 0.717) is 35.8 Å². The van der Waals surface area contributed by atoms with Gasteiger partial charge < -0.3 is 5.11 Å². The van der Waals surface area contributed by atoms with Gasteiger partial charge in [0.1, 0.15) is 5.75 Å². The van der Waals surface area contributed by atoms with Gasteiger partial charge in [0, 0.05) is 12.3 Å². The molecule has 4 atom stereocenters. The number of hydrogen-bond acceptors (Lipinski definition) is 2. The lowest BCUT2D eigenvalue weighted by atomic mass is 9.54. The molecular weight excluding hydrogens is 282 g/mol. The maximum atomic E-state index is 9.68. The summed E-state index contributed by atoms with van der Waals surface area (Å²) in [4.78, 5) is 0. The standard InChI is InChI=1S/C18H22ClNO/c1-18(11-19)8-6-15-14-5-3-13(21)10-12(14)2-4-16(15)17(18)7-9-20/h3,5,10,15-17,21H,2,4,6-8,11H2,1H3/t15-,16-,17+,18-/m1/s1. The largest absolute Gasteiger partial charge is 0.508 e. The molecule has 1 aromatic carbocycles. The number of rotatable bonds is 2. The number of phenols is 1. The third kappa shape index (κ3) is 2.42. The average molecular weight is 304 g/mol. The molecule has 1 N–H and O–H groups in total. The summed E-state index contributed by atoms with van der Waals surface area (Å²) in [7, 11) is 0. The predicted molar refractivity (Wildman–Crippen MR) is 84.4 cm³/mol. The van der Waals surface area contributed by atoms with Crippen molar-refractivity contribution in [3.63, 3.8) is 0 Å². The van der Waals surface area contributed by atoms with E-state index in [1.165, 1.54) is 11.1 Å². The van der Waals surface area contributed by atoms with Crippen molar-refractivity contribution in [3.8, 4) is 11.8 Å². The summed E-state index contributed by atoms with van der Waals surface area (Å²) in [5.41, 5.74) is 2.78. The molecule has 0 unspecified atom stereocenters. The zero-order chi connectivity index (χ0) is 15.0. The Hall–Kier alpha value is -1.20. The first-order chi connectivity index (χ1) is 10.1. The summed E-state index contributed by atoms with van der Waals surface area (Å²) in [6.45, 7) is 2.25. The number of nitrogens with zero attached hydrogens (tertiary/aromatic N) is 1. The maximum absolute atomic E-state index is 9.68. The number of hydrogen-bond donors (Lipinski definition) is 1. The van der Waals surface area contributed by atoms with E-state index < -0.39 is 0 Å². The van der Waals surface area contributed by atoms with E-state index in [9.17, 15) is 10.4 Å². The first kappa shape index (κ1) is 14.7. The molecule has 0 radical (unpaired) electrons. The van der Waals surface area contributed by atoms with Gasteiger partial charge in [-0.3, -0.25) is 0 Å². The molecule has 0 saturated heterocycles. The van der Waals surface area contributed by atoms with Crippen molar-refractivity contribution in [2.75, 3.05) is 5.88 Å². The van der Waals surface area contributed by atoms with Gasteiger partial charge in [-0.25, -0.2) is 0 Å². The molecule has 3 rings (SSSR count). The number of aromatic hydroxyl groups is 1. The van der Waals surface area contributed by atoms with E-state index in [0.717, 1.165) is 25.7 Å². The number of benzene rings is 1. The third-order valence-electron chi connectivity index (χ3n) is 5.84. The topological polar surface area (TPSA) is 44.0 Å². The first-order valence-electron chi connectivity index (χ1n) is 7.84. The fourth-order valence-corrected chi connectivity index (χ4v) is 4.96. The Bertz CT molecular complexity index is 579. The lowest BCUT2D eigenvalue weighted by molar-refractivity contribution is 0.0523. The highest BCUT2D eigenvalue weighted by Gasteiger charge is 2.47. The molecule has 0 heterocycles. The minimum Gasteiger partial charge on any atom is -0.508 e. The van der Waals surface area contributed by atoms with Crippen LogP contribution in [0.4, 0.5) is 0 Å². The summed E-state index contributed by atoms with van der Waals surface area (Å²) in [6.07, 6.45) is 4.96. The van der Waals surface area contributed by atoms with Crippen molar-refractivity contribution >= 4 is 11.6 Å². The second kappa shape index (κ2) is 5.54. The van der Waals surface area contributed by atoms with Gasteiger partial charge in [-0.2, -0.15) is 5.26 Å². The Morgan fingerprint density at radius 3 is 2.95 bits per heavy atom. The molecular formula is C18H22ClNO. The van der Waals surface area contributed by atoms with Gasteiger partial charge in [0.2, 0.25) is 0 Å². The van der Waals surface area contributed by atoms with Crippen LogP contribution in [0.1, 0.15) is 49.7 Å². The van der Waals surface area contributed by atoms with E-state index in [4.69, 9.17) is 11.6 Å². The van der Waals surface area contributed by atoms with Crippen molar-refractivity contribution in [1.29, 1.82) is 5.26 Å². The Morgan fingerprint density at radius 2 is 2.24 bits per heavy atom. The number of nitriles is 1. The second-order valence-electron chi connectivity index (χ2n) is 6.99. The zero-order valence-electron chi connectivity index (χ0n) is 12.5. The van der Waals surface area contributed by atoms with Gasteiger partial charge in [0.15, 0.2) is 0 Å². The van der Waals surface area contributed by atoms with Crippen LogP contribution in [0.2, 0.25) is 0 Å². The van der Waals surface area contributed by atoms with Crippen molar-refractivity contribution in [2.24, 2.45) is 17.3 Å². The summed E-state index contributed by atoms with van der Waals surface area (Å²) in [5, 5.41) is 18.9. The lowest BCUT2D eigenvalue weighted by Gasteiger charge is -2.50. The highest BCUT2D eigenvalue weighted by Crippen LogP contribution is 2.56. The molecule has 2 aliphatic carbocycles. The van der Waals surface area contributed by atoms with Gasteiger partial charge in [-0.05, 0) is 72.1 Å². The summed E-state index contributed by atoms with van der Waals surface area (Å²) in [5.74, 6) is 2.48. The molecule has 1 saturated carbocycles. The number of fused-ring (bicyclic) bond motifs is 3. The Kier molecular flexibility index (Phi) is 3.88. The summed E-state index contributed by atoms with van der Waals surface area (Å²) < 4.78 is 0. The van der Waals surface area contributed by atoms with Crippen LogP contribution in [0.15, 0.2) is 18.2 Å². The fourth-order valence-electron chi connectivity index (χ4n) is 4.63. The Morgan fingerprint density at radius 1 is 1.43 bits per heavy atom. The first-order valence-corrected chi connectivity index (χ1v) is 8.37. The van der Waals surface area contributed by atoms with Gasteiger partial charge in [0.25, 0.3) is 0 Å². The SMILES string of the molecule is C[C@]1(CCl)CC[C@@H]2c3ccc(O)cc3CC[C@H]2[C@@H]1CC#N. The quantitative estimate of drug-likeness (QED) is 0.811. The zero-order valence-corrected chi connectivity index (χ0v) is 13.2. The number of aryl methyl sites for hydroxylation is 1. The van der Waals surface area contributed by atoms with Crippen LogP contribution in [-0.2, 0) is 6.42 Å². The molecule has 3 heteroatoms. The molecule has 0 aromatic heterocycles. The highest BCUT2D eigenvalue weighted by atomic mass is 35.5. The van der Waals surface area contributed by atoms with Crippen molar-refractivity contribution < 1.29 is 5.11 Å². The van der Waals surface area contributed by atoms with Gasteiger partial charge in [0.05, 0.1) is 6.07 Å². The average Bonchev–Trinajstić information content (AvgIpc) is 2.49. The van der Waals surface area contributed by atoms with Crippen LogP contribution in [0.25, 0.3) is 0 Å². The smallest absolute Gasteiger partial charge is 0.115 e. The minimum atomic E-state index is 0.0902. The molecule has 2 aliphatic rings. The molecule has 1 aromatic rings. The van der Waals surface area contributed by atoms with Crippen LogP contribution in [0.5, 0.6) is 5.75 Å². The number of alkyl halides is 1. The van der Waals surface area contributed by atoms with Crippen LogP contribution in [0, 0.1) is 28.6 Å². The van der Waals surface area contributed by atoms with Gasteiger partial charge in [-0.1, -0.05) is 13.0 Å². The van der Waals surface area contributed by atoms with Gasteiger partial charge >= 0.3 is 0 Å². The maximum Gasteiger partial charge on any atom is 0.115 e. The van der Waals surface area contributed by atoms with Crippen LogP contribution in [-0.4, -0.2) is 11.0 Å². The molecule has 0 bridgehead atoms. The van der Waals surface area contributed by atoms with Crippen molar-refractivity contribution in [2.45, 2.75) is 44.9 Å². The van der Waals surface area contributed by atoms with Crippen LogP contribution in [0.3, 0.4) is 0 Å². The van der Waals surface area contributed by atoms with Crippen molar-refractivity contribution in [1.82, 2.24) is 0 Å². The Balaban J connectivity index is 1.96. The molecule has 21 heavy (non-hydrogen) atoms. The molecule has 0 aliphatic heterocycles. The molecule has 0 amide bonds. The van der Waals surface area contributed by atoms with E-state index >= 15 is 0 Å². The summed E-state index contributed by atoms with van der Waals surface area (Å²) >= 11 is 6.26. The molecule has 112 valence electrons. The fraction of sp³-hybridized carbons (Fsp3) is 0.611. The van der Waals surface area contributed by atoms with Crippen LogP contribution < -0.4 is 0 Å². The second-order valence-corrected chi connectivity index (χ2v) is 7.25. The van der Waals surface area contributed by atoms with Crippen molar-refractivity contribution in [3.05, 3.63) is 29.3 Å². The van der Waals surface area contributed by atoms with E-state index in [-0.39, 0.29) is 5.41 Å². The van der Waals surface area contributed by atoms with E-state index in [1.807, 2.05) is 6.07 Å².